The van der Waals surface area contributed by atoms with Crippen molar-refractivity contribution in [1.29, 1.82) is 0 Å². The van der Waals surface area contributed by atoms with Crippen molar-refractivity contribution in [1.82, 2.24) is 4.98 Å². The number of aromatic hydroxyl groups is 1. The summed E-state index contributed by atoms with van der Waals surface area (Å²) < 4.78 is 11.4. The second kappa shape index (κ2) is 11.7. The monoisotopic (exact) mass is 513 g/mol. The normalized spacial score (nSPS) is 14.5. The van der Waals surface area contributed by atoms with Gasteiger partial charge in [-0.05, 0) is 66.3 Å². The van der Waals surface area contributed by atoms with Crippen LogP contribution in [0.1, 0.15) is 56.1 Å². The van der Waals surface area contributed by atoms with E-state index >= 15 is 0 Å². The molecule has 190 valence electrons. The Morgan fingerprint density at radius 1 is 1.08 bits per heavy atom. The highest BCUT2D eigenvalue weighted by molar-refractivity contribution is 7.99. The fraction of sp³-hybridized carbons (Fsp3) is 0.290. The largest absolute Gasteiger partial charge is 0.506 e. The molecule has 6 heteroatoms. The Morgan fingerprint density at radius 2 is 1.89 bits per heavy atom. The van der Waals surface area contributed by atoms with Crippen LogP contribution < -0.4 is 10.4 Å². The molecule has 0 radical (unpaired) electrons. The fourth-order valence-corrected chi connectivity index (χ4v) is 5.82. The summed E-state index contributed by atoms with van der Waals surface area (Å²) in [5.41, 5.74) is 2.37. The molecule has 5 nitrogen and oxygen atoms in total. The number of aromatic nitrogens is 1. The van der Waals surface area contributed by atoms with Gasteiger partial charge >= 0.3 is 5.63 Å². The molecular weight excluding hydrogens is 482 g/mol. The summed E-state index contributed by atoms with van der Waals surface area (Å²) in [5.74, 6) is 2.19. The van der Waals surface area contributed by atoms with Gasteiger partial charge in [-0.1, -0.05) is 62.6 Å². The molecule has 2 heterocycles. The van der Waals surface area contributed by atoms with E-state index in [1.807, 2.05) is 36.4 Å². The van der Waals surface area contributed by atoms with Gasteiger partial charge in [0.25, 0.3) is 0 Å². The second-order valence-electron chi connectivity index (χ2n) is 9.75. The first kappa shape index (κ1) is 25.2. The van der Waals surface area contributed by atoms with Gasteiger partial charge in [-0.15, -0.1) is 0 Å². The number of hydrogen-bond donors (Lipinski definition) is 1. The molecule has 0 saturated heterocycles. The number of pyridine rings is 1. The molecule has 4 aromatic rings. The van der Waals surface area contributed by atoms with Crippen LogP contribution in [0.3, 0.4) is 0 Å². The van der Waals surface area contributed by atoms with Gasteiger partial charge in [0.1, 0.15) is 28.8 Å². The summed E-state index contributed by atoms with van der Waals surface area (Å²) in [6.07, 6.45) is 10.1. The highest BCUT2D eigenvalue weighted by Gasteiger charge is 2.20. The summed E-state index contributed by atoms with van der Waals surface area (Å²) in [6.45, 7) is 2.69. The zero-order valence-electron chi connectivity index (χ0n) is 20.9. The maximum Gasteiger partial charge on any atom is 0.354 e. The minimum absolute atomic E-state index is 0.0856. The van der Waals surface area contributed by atoms with Gasteiger partial charge in [0.15, 0.2) is 0 Å². The Balaban J connectivity index is 1.27. The highest BCUT2D eigenvalue weighted by atomic mass is 32.2. The van der Waals surface area contributed by atoms with Crippen molar-refractivity contribution in [3.8, 4) is 22.8 Å². The van der Waals surface area contributed by atoms with Gasteiger partial charge in [-0.3, -0.25) is 4.98 Å². The maximum absolute atomic E-state index is 12.8. The fourth-order valence-electron chi connectivity index (χ4n) is 4.96. The van der Waals surface area contributed by atoms with Crippen molar-refractivity contribution in [2.75, 3.05) is 0 Å². The molecule has 1 unspecified atom stereocenters. The van der Waals surface area contributed by atoms with Crippen LogP contribution in [-0.2, 0) is 6.61 Å². The minimum atomic E-state index is -0.554. The van der Waals surface area contributed by atoms with Gasteiger partial charge in [-0.25, -0.2) is 4.79 Å². The molecular formula is C31H31NO4S. The van der Waals surface area contributed by atoms with Crippen molar-refractivity contribution in [3.05, 3.63) is 101 Å². The summed E-state index contributed by atoms with van der Waals surface area (Å²) in [4.78, 5) is 18.0. The third-order valence-electron chi connectivity index (χ3n) is 6.96. The van der Waals surface area contributed by atoms with E-state index in [1.54, 1.807) is 24.5 Å². The van der Waals surface area contributed by atoms with Crippen LogP contribution in [0.5, 0.6) is 11.5 Å². The lowest BCUT2D eigenvalue weighted by atomic mass is 9.89. The summed E-state index contributed by atoms with van der Waals surface area (Å²) in [6, 6.07) is 20.8. The average molecular weight is 514 g/mol. The smallest absolute Gasteiger partial charge is 0.354 e. The third-order valence-corrected chi connectivity index (χ3v) is 8.03. The molecule has 0 amide bonds. The summed E-state index contributed by atoms with van der Waals surface area (Å²) >= 11 is 1.24. The Kier molecular flexibility index (Phi) is 7.95. The van der Waals surface area contributed by atoms with E-state index in [0.717, 1.165) is 16.4 Å². The molecule has 2 aromatic carbocycles. The molecule has 2 aromatic heterocycles. The van der Waals surface area contributed by atoms with Crippen LogP contribution >= 0.6 is 11.8 Å². The molecule has 1 aliphatic carbocycles. The van der Waals surface area contributed by atoms with Crippen molar-refractivity contribution >= 4 is 11.8 Å². The molecule has 1 saturated carbocycles. The van der Waals surface area contributed by atoms with Crippen LogP contribution in [0.2, 0.25) is 0 Å². The second-order valence-corrected chi connectivity index (χ2v) is 10.8. The molecule has 1 atom stereocenters. The predicted molar refractivity (Wildman–Crippen MR) is 146 cm³/mol. The van der Waals surface area contributed by atoms with Gasteiger partial charge in [-0.2, -0.15) is 0 Å². The molecule has 0 aliphatic heterocycles. The van der Waals surface area contributed by atoms with Gasteiger partial charge in [0.05, 0.1) is 0 Å². The summed E-state index contributed by atoms with van der Waals surface area (Å²) in [7, 11) is 0. The van der Waals surface area contributed by atoms with Crippen LogP contribution in [0, 0.1) is 5.92 Å². The van der Waals surface area contributed by atoms with Crippen LogP contribution in [-0.4, -0.2) is 10.1 Å². The van der Waals surface area contributed by atoms with Crippen LogP contribution in [0.25, 0.3) is 11.3 Å². The van der Waals surface area contributed by atoms with Crippen molar-refractivity contribution < 1.29 is 14.3 Å². The van der Waals surface area contributed by atoms with E-state index < -0.39 is 5.63 Å². The first-order chi connectivity index (χ1) is 18.0. The molecule has 37 heavy (non-hydrogen) atoms. The van der Waals surface area contributed by atoms with Gasteiger partial charge in [0, 0.05) is 34.5 Å². The zero-order chi connectivity index (χ0) is 25.6. The molecule has 5 rings (SSSR count). The molecule has 1 fully saturated rings. The average Bonchev–Trinajstić information content (AvgIpc) is 3.43. The first-order valence-electron chi connectivity index (χ1n) is 12.8. The lowest BCUT2D eigenvalue weighted by Gasteiger charge is -2.17. The van der Waals surface area contributed by atoms with E-state index in [2.05, 4.69) is 24.0 Å². The summed E-state index contributed by atoms with van der Waals surface area (Å²) in [5, 5.41) is 10.7. The molecule has 0 spiro atoms. The minimum Gasteiger partial charge on any atom is -0.506 e. The number of nitrogens with zero attached hydrogens (tertiary/aromatic N) is 1. The topological polar surface area (TPSA) is 72.6 Å². The number of ether oxygens (including phenoxy) is 1. The molecule has 1 N–H and O–H groups in total. The predicted octanol–water partition coefficient (Wildman–Crippen LogP) is 7.82. The SMILES string of the molecule is CC(CC1CCCC1)c1cccc(Sc2c(O)cc(-c3ccc(OCc4cccnc4)cc3)oc2=O)c1. The standard InChI is InChI=1S/C31H31NO4S/c1-21(16-22-6-2-3-7-22)25-9-4-10-27(17-25)37-30-28(33)18-29(36-31(30)34)24-11-13-26(14-12-24)35-20-23-8-5-15-32-19-23/h4-5,8-15,17-19,21-22,33H,2-3,6-7,16,20H2,1H3. The Morgan fingerprint density at radius 3 is 2.62 bits per heavy atom. The lowest BCUT2D eigenvalue weighted by Crippen LogP contribution is -2.04. The zero-order valence-corrected chi connectivity index (χ0v) is 21.7. The number of benzene rings is 2. The van der Waals surface area contributed by atoms with Gasteiger partial charge in [0.2, 0.25) is 0 Å². The number of rotatable bonds is 9. The maximum atomic E-state index is 12.8. The molecule has 1 aliphatic rings. The lowest BCUT2D eigenvalue weighted by molar-refractivity contribution is 0.306. The Labute approximate surface area is 221 Å². The Bertz CT molecular complexity index is 1380. The van der Waals surface area contributed by atoms with E-state index in [9.17, 15) is 9.90 Å². The van der Waals surface area contributed by atoms with Crippen LogP contribution in [0.4, 0.5) is 0 Å². The highest BCUT2D eigenvalue weighted by Crippen LogP contribution is 2.38. The van der Waals surface area contributed by atoms with Gasteiger partial charge < -0.3 is 14.3 Å². The molecule has 0 bridgehead atoms. The van der Waals surface area contributed by atoms with Crippen molar-refractivity contribution in [3.63, 3.8) is 0 Å². The Hall–Kier alpha value is -3.51. The first-order valence-corrected chi connectivity index (χ1v) is 13.6. The van der Waals surface area contributed by atoms with Crippen molar-refractivity contribution in [2.24, 2.45) is 5.92 Å². The van der Waals surface area contributed by atoms with E-state index in [4.69, 9.17) is 9.15 Å². The quantitative estimate of drug-likeness (QED) is 0.246. The van der Waals surface area contributed by atoms with E-state index in [1.165, 1.54) is 55.5 Å². The van der Waals surface area contributed by atoms with E-state index in [-0.39, 0.29) is 10.6 Å². The van der Waals surface area contributed by atoms with E-state index in [0.29, 0.717) is 29.6 Å². The van der Waals surface area contributed by atoms with Crippen LogP contribution in [0.15, 0.2) is 98.1 Å². The van der Waals surface area contributed by atoms with Crippen molar-refractivity contribution in [2.45, 2.75) is 61.3 Å². The number of hydrogen-bond acceptors (Lipinski definition) is 6. The third kappa shape index (κ3) is 6.44.